The number of rotatable bonds is 4. The Morgan fingerprint density at radius 2 is 2.04 bits per heavy atom. The molecule has 2 N–H and O–H groups in total. The lowest BCUT2D eigenvalue weighted by molar-refractivity contribution is 0.564. The maximum absolute atomic E-state index is 4.80. The molecule has 1 saturated carbocycles. The van der Waals surface area contributed by atoms with Gasteiger partial charge in [-0.2, -0.15) is 10.1 Å². The zero-order valence-electron chi connectivity index (χ0n) is 13.6. The van der Waals surface area contributed by atoms with Gasteiger partial charge in [0.15, 0.2) is 5.82 Å². The van der Waals surface area contributed by atoms with E-state index in [-0.39, 0.29) is 0 Å². The van der Waals surface area contributed by atoms with Crippen molar-refractivity contribution in [3.8, 4) is 0 Å². The second-order valence-electron chi connectivity index (χ2n) is 6.75. The van der Waals surface area contributed by atoms with Crippen LogP contribution in [0.4, 0.5) is 17.6 Å². The lowest BCUT2D eigenvalue weighted by atomic mass is 10.1. The number of hydrogen-bond donors (Lipinski definition) is 2. The first-order valence-electron chi connectivity index (χ1n) is 8.79. The summed E-state index contributed by atoms with van der Waals surface area (Å²) < 4.78 is 1.90. The van der Waals surface area contributed by atoms with Crippen molar-refractivity contribution in [2.45, 2.75) is 38.0 Å². The van der Waals surface area contributed by atoms with Crippen LogP contribution < -0.4 is 10.2 Å². The van der Waals surface area contributed by atoms with E-state index in [4.69, 9.17) is 4.98 Å². The summed E-state index contributed by atoms with van der Waals surface area (Å²) in [7, 11) is 0. The molecular formula is C17H21N7. The van der Waals surface area contributed by atoms with E-state index >= 15 is 0 Å². The molecule has 7 heteroatoms. The number of H-pyrrole nitrogens is 1. The van der Waals surface area contributed by atoms with Gasteiger partial charge in [-0.3, -0.25) is 5.10 Å². The fraction of sp³-hybridized carbons (Fsp3) is 0.471. The molecule has 4 heterocycles. The Morgan fingerprint density at radius 3 is 2.88 bits per heavy atom. The summed E-state index contributed by atoms with van der Waals surface area (Å²) >= 11 is 0. The summed E-state index contributed by atoms with van der Waals surface area (Å²) in [6.07, 6.45) is 8.19. The Balaban J connectivity index is 1.49. The van der Waals surface area contributed by atoms with Crippen LogP contribution in [0, 0.1) is 0 Å². The van der Waals surface area contributed by atoms with Crippen LogP contribution in [0.1, 0.15) is 43.7 Å². The SMILES string of the molecule is c1cc2c(Nc3cc(C4CC4)n[nH]3)nc(N3CCCCC3)nn2c1. The second kappa shape index (κ2) is 5.51. The van der Waals surface area contributed by atoms with Gasteiger partial charge < -0.3 is 10.2 Å². The lowest BCUT2D eigenvalue weighted by Gasteiger charge is -2.26. The average Bonchev–Trinajstić information content (AvgIpc) is 3.17. The van der Waals surface area contributed by atoms with Gasteiger partial charge in [0.05, 0.1) is 5.69 Å². The van der Waals surface area contributed by atoms with Crippen molar-refractivity contribution in [1.29, 1.82) is 0 Å². The molecule has 2 fully saturated rings. The molecule has 3 aromatic heterocycles. The molecule has 0 bridgehead atoms. The van der Waals surface area contributed by atoms with Crippen LogP contribution in [0.15, 0.2) is 24.4 Å². The third kappa shape index (κ3) is 2.50. The molecule has 0 unspecified atom stereocenters. The van der Waals surface area contributed by atoms with Crippen molar-refractivity contribution in [1.82, 2.24) is 24.8 Å². The van der Waals surface area contributed by atoms with Crippen LogP contribution in [-0.4, -0.2) is 37.9 Å². The Morgan fingerprint density at radius 1 is 1.17 bits per heavy atom. The van der Waals surface area contributed by atoms with Crippen molar-refractivity contribution in [3.63, 3.8) is 0 Å². The number of aromatic amines is 1. The first-order chi connectivity index (χ1) is 11.9. The molecule has 0 amide bonds. The molecule has 1 aliphatic heterocycles. The maximum Gasteiger partial charge on any atom is 0.245 e. The summed E-state index contributed by atoms with van der Waals surface area (Å²) in [6.45, 7) is 2.06. The van der Waals surface area contributed by atoms with Crippen LogP contribution in [-0.2, 0) is 0 Å². The molecule has 5 rings (SSSR count). The quantitative estimate of drug-likeness (QED) is 0.772. The molecule has 2 aliphatic rings. The Labute approximate surface area is 140 Å². The van der Waals surface area contributed by atoms with Crippen LogP contribution >= 0.6 is 0 Å². The van der Waals surface area contributed by atoms with E-state index in [0.29, 0.717) is 5.92 Å². The highest BCUT2D eigenvalue weighted by atomic mass is 15.4. The monoisotopic (exact) mass is 323 g/mol. The number of nitrogens with one attached hydrogen (secondary N) is 2. The van der Waals surface area contributed by atoms with Crippen molar-refractivity contribution >= 4 is 23.1 Å². The van der Waals surface area contributed by atoms with Gasteiger partial charge in [-0.1, -0.05) is 0 Å². The number of aromatic nitrogens is 5. The molecule has 124 valence electrons. The van der Waals surface area contributed by atoms with Gasteiger partial charge in [0.2, 0.25) is 5.95 Å². The molecular weight excluding hydrogens is 302 g/mol. The Hall–Kier alpha value is -2.57. The summed E-state index contributed by atoms with van der Waals surface area (Å²) in [5.41, 5.74) is 2.12. The third-order valence-electron chi connectivity index (χ3n) is 4.87. The number of fused-ring (bicyclic) bond motifs is 1. The molecule has 0 spiro atoms. The van der Waals surface area contributed by atoms with Gasteiger partial charge in [-0.05, 0) is 44.2 Å². The van der Waals surface area contributed by atoms with Crippen LogP contribution in [0.5, 0.6) is 0 Å². The van der Waals surface area contributed by atoms with Gasteiger partial charge in [0.1, 0.15) is 11.3 Å². The molecule has 7 nitrogen and oxygen atoms in total. The van der Waals surface area contributed by atoms with Gasteiger partial charge >= 0.3 is 0 Å². The highest BCUT2D eigenvalue weighted by Gasteiger charge is 2.26. The highest BCUT2D eigenvalue weighted by Crippen LogP contribution is 2.39. The average molecular weight is 323 g/mol. The minimum atomic E-state index is 0.638. The third-order valence-corrected chi connectivity index (χ3v) is 4.87. The summed E-state index contributed by atoms with van der Waals surface area (Å²) in [6, 6.07) is 6.12. The maximum atomic E-state index is 4.80. The first kappa shape index (κ1) is 13.8. The van der Waals surface area contributed by atoms with E-state index in [1.165, 1.54) is 32.1 Å². The summed E-state index contributed by atoms with van der Waals surface area (Å²) in [5.74, 6) is 3.15. The smallest absolute Gasteiger partial charge is 0.245 e. The molecule has 1 aliphatic carbocycles. The van der Waals surface area contributed by atoms with E-state index in [1.54, 1.807) is 0 Å². The molecule has 1 saturated heterocycles. The minimum absolute atomic E-state index is 0.638. The van der Waals surface area contributed by atoms with Gasteiger partial charge in [-0.25, -0.2) is 4.52 Å². The van der Waals surface area contributed by atoms with E-state index in [1.807, 2.05) is 22.8 Å². The molecule has 24 heavy (non-hydrogen) atoms. The first-order valence-corrected chi connectivity index (χ1v) is 8.79. The van der Waals surface area contributed by atoms with Crippen molar-refractivity contribution in [3.05, 3.63) is 30.1 Å². The van der Waals surface area contributed by atoms with Crippen LogP contribution in [0.2, 0.25) is 0 Å². The normalized spacial score (nSPS) is 18.2. The fourth-order valence-electron chi connectivity index (χ4n) is 3.36. The highest BCUT2D eigenvalue weighted by molar-refractivity contribution is 5.73. The molecule has 0 atom stereocenters. The summed E-state index contributed by atoms with van der Waals surface area (Å²) in [4.78, 5) is 7.07. The molecule has 0 radical (unpaired) electrons. The predicted octanol–water partition coefficient (Wildman–Crippen LogP) is 3.06. The van der Waals surface area contributed by atoms with E-state index in [2.05, 4.69) is 31.6 Å². The second-order valence-corrected chi connectivity index (χ2v) is 6.75. The fourth-order valence-corrected chi connectivity index (χ4v) is 3.36. The van der Waals surface area contributed by atoms with Crippen molar-refractivity contribution in [2.75, 3.05) is 23.3 Å². The van der Waals surface area contributed by atoms with E-state index in [9.17, 15) is 0 Å². The largest absolute Gasteiger partial charge is 0.340 e. The zero-order chi connectivity index (χ0) is 15.9. The standard InChI is InChI=1S/C17H21N7/c1-2-8-23(9-3-1)17-19-16(14-5-4-10-24(14)22-17)18-15-11-13(20-21-15)12-6-7-12/h4-5,10-12H,1-3,6-9H2,(H2,18,19,20,21,22). The number of anilines is 3. The van der Waals surface area contributed by atoms with Crippen LogP contribution in [0.3, 0.4) is 0 Å². The van der Waals surface area contributed by atoms with Gasteiger partial charge in [0, 0.05) is 31.3 Å². The predicted molar refractivity (Wildman–Crippen MR) is 92.9 cm³/mol. The topological polar surface area (TPSA) is 74.1 Å². The van der Waals surface area contributed by atoms with Gasteiger partial charge in [-0.15, -0.1) is 5.10 Å². The number of nitrogens with zero attached hydrogens (tertiary/aromatic N) is 5. The van der Waals surface area contributed by atoms with Crippen molar-refractivity contribution in [2.24, 2.45) is 0 Å². The number of hydrogen-bond acceptors (Lipinski definition) is 5. The Bertz CT molecular complexity index is 855. The lowest BCUT2D eigenvalue weighted by Crippen LogP contribution is -2.31. The van der Waals surface area contributed by atoms with Crippen LogP contribution in [0.25, 0.3) is 5.52 Å². The van der Waals surface area contributed by atoms with Crippen molar-refractivity contribution < 1.29 is 0 Å². The summed E-state index contributed by atoms with van der Waals surface area (Å²) in [5, 5.41) is 15.6. The molecule has 3 aromatic rings. The minimum Gasteiger partial charge on any atom is -0.340 e. The Kier molecular flexibility index (Phi) is 3.17. The van der Waals surface area contributed by atoms with E-state index < -0.39 is 0 Å². The van der Waals surface area contributed by atoms with E-state index in [0.717, 1.165) is 41.9 Å². The molecule has 0 aromatic carbocycles. The zero-order valence-corrected chi connectivity index (χ0v) is 13.6. The number of piperidine rings is 1. The van der Waals surface area contributed by atoms with Gasteiger partial charge in [0.25, 0.3) is 0 Å².